The van der Waals surface area contributed by atoms with Crippen LogP contribution in [0.2, 0.25) is 0 Å². The van der Waals surface area contributed by atoms with E-state index in [4.69, 9.17) is 14.2 Å². The monoisotopic (exact) mass is 538 g/mol. The van der Waals surface area contributed by atoms with Gasteiger partial charge < -0.3 is 19.5 Å². The molecular formula is C24H19BrN4O6. The second kappa shape index (κ2) is 10.7. The predicted octanol–water partition coefficient (Wildman–Crippen LogP) is 5.64. The second-order valence-corrected chi connectivity index (χ2v) is 8.06. The van der Waals surface area contributed by atoms with Crippen LogP contribution < -0.4 is 19.5 Å². The summed E-state index contributed by atoms with van der Waals surface area (Å²) in [6, 6.07) is 19.7. The summed E-state index contributed by atoms with van der Waals surface area (Å²) in [6.07, 6.45) is 1.59. The standard InChI is InChI=1S/C24H19BrN4O6/c1-33-22-4-2-3-5-23(22)35-20-13-17(12-18(14-20)29(31)32)26-24(30)21-10-11-28(27-21)15-34-19-8-6-16(25)7-9-19/h2-14H,15H2,1H3,(H,26,30). The third-order valence-electron chi connectivity index (χ3n) is 4.71. The molecule has 1 amide bonds. The number of rotatable bonds is 9. The van der Waals surface area contributed by atoms with Crippen molar-refractivity contribution in [2.24, 2.45) is 0 Å². The van der Waals surface area contributed by atoms with Crippen molar-refractivity contribution >= 4 is 33.2 Å². The average molecular weight is 539 g/mol. The first-order chi connectivity index (χ1) is 16.9. The van der Waals surface area contributed by atoms with Gasteiger partial charge in [0.1, 0.15) is 11.5 Å². The van der Waals surface area contributed by atoms with Crippen molar-refractivity contribution in [1.29, 1.82) is 0 Å². The minimum atomic E-state index is -0.571. The molecule has 35 heavy (non-hydrogen) atoms. The Kier molecular flexibility index (Phi) is 7.27. The van der Waals surface area contributed by atoms with E-state index >= 15 is 0 Å². The molecular weight excluding hydrogens is 520 g/mol. The number of non-ortho nitro benzene ring substituents is 1. The molecule has 0 aliphatic rings. The van der Waals surface area contributed by atoms with Crippen molar-refractivity contribution in [2.75, 3.05) is 12.4 Å². The molecule has 0 unspecified atom stereocenters. The van der Waals surface area contributed by atoms with Crippen LogP contribution in [0.4, 0.5) is 11.4 Å². The number of anilines is 1. The van der Waals surface area contributed by atoms with Crippen molar-refractivity contribution in [1.82, 2.24) is 9.78 Å². The highest BCUT2D eigenvalue weighted by molar-refractivity contribution is 9.10. The molecule has 0 atom stereocenters. The number of ether oxygens (including phenoxy) is 3. The van der Waals surface area contributed by atoms with E-state index in [1.165, 1.54) is 36.1 Å². The number of carbonyl (C=O) groups is 1. The third-order valence-corrected chi connectivity index (χ3v) is 5.24. The largest absolute Gasteiger partial charge is 0.493 e. The predicted molar refractivity (Wildman–Crippen MR) is 131 cm³/mol. The van der Waals surface area contributed by atoms with Crippen molar-refractivity contribution in [3.05, 3.63) is 99.3 Å². The molecule has 0 radical (unpaired) electrons. The zero-order valence-corrected chi connectivity index (χ0v) is 20.0. The van der Waals surface area contributed by atoms with Crippen LogP contribution in [0.5, 0.6) is 23.0 Å². The first kappa shape index (κ1) is 23.8. The fourth-order valence-corrected chi connectivity index (χ4v) is 3.34. The molecule has 0 spiro atoms. The van der Waals surface area contributed by atoms with Crippen molar-refractivity contribution < 1.29 is 23.9 Å². The summed E-state index contributed by atoms with van der Waals surface area (Å²) in [6.45, 7) is 0.0998. The highest BCUT2D eigenvalue weighted by Crippen LogP contribution is 2.34. The molecule has 4 aromatic rings. The number of benzene rings is 3. The minimum absolute atomic E-state index is 0.0998. The topological polar surface area (TPSA) is 118 Å². The molecule has 0 aliphatic heterocycles. The summed E-state index contributed by atoms with van der Waals surface area (Å²) in [5, 5.41) is 18.3. The second-order valence-electron chi connectivity index (χ2n) is 7.15. The number of nitrogens with zero attached hydrogens (tertiary/aromatic N) is 3. The summed E-state index contributed by atoms with van der Waals surface area (Å²) >= 11 is 3.36. The molecule has 11 heteroatoms. The molecule has 178 valence electrons. The maximum absolute atomic E-state index is 12.7. The van der Waals surface area contributed by atoms with E-state index in [0.717, 1.165) is 4.47 Å². The normalized spacial score (nSPS) is 10.5. The number of para-hydroxylation sites is 2. The lowest BCUT2D eigenvalue weighted by molar-refractivity contribution is -0.384. The van der Waals surface area contributed by atoms with Crippen LogP contribution in [-0.4, -0.2) is 27.7 Å². The number of amides is 1. The molecule has 3 aromatic carbocycles. The molecule has 0 fully saturated rings. The Morgan fingerprint density at radius 2 is 1.80 bits per heavy atom. The Labute approximate surface area is 208 Å². The van der Waals surface area contributed by atoms with Crippen molar-refractivity contribution in [3.63, 3.8) is 0 Å². The summed E-state index contributed by atoms with van der Waals surface area (Å²) in [7, 11) is 1.49. The molecule has 1 N–H and O–H groups in total. The minimum Gasteiger partial charge on any atom is -0.493 e. The average Bonchev–Trinajstić information content (AvgIpc) is 3.33. The summed E-state index contributed by atoms with van der Waals surface area (Å²) in [5.74, 6) is 1.09. The first-order valence-corrected chi connectivity index (χ1v) is 11.0. The number of hydrogen-bond donors (Lipinski definition) is 1. The number of aromatic nitrogens is 2. The zero-order valence-electron chi connectivity index (χ0n) is 18.4. The van der Waals surface area contributed by atoms with E-state index in [1.54, 1.807) is 42.6 Å². The molecule has 4 rings (SSSR count). The van der Waals surface area contributed by atoms with Crippen LogP contribution in [0.3, 0.4) is 0 Å². The van der Waals surface area contributed by atoms with Gasteiger partial charge in [0.05, 0.1) is 23.8 Å². The van der Waals surface area contributed by atoms with Gasteiger partial charge in [0.25, 0.3) is 11.6 Å². The van der Waals surface area contributed by atoms with Gasteiger partial charge in [0, 0.05) is 22.8 Å². The fraction of sp³-hybridized carbons (Fsp3) is 0.0833. The Balaban J connectivity index is 1.47. The molecule has 10 nitrogen and oxygen atoms in total. The van der Waals surface area contributed by atoms with E-state index in [1.807, 2.05) is 12.1 Å². The number of halogens is 1. The van der Waals surface area contributed by atoms with E-state index in [-0.39, 0.29) is 29.5 Å². The fourth-order valence-electron chi connectivity index (χ4n) is 3.07. The van der Waals surface area contributed by atoms with Crippen LogP contribution in [-0.2, 0) is 6.73 Å². The van der Waals surface area contributed by atoms with Gasteiger partial charge in [-0.25, -0.2) is 4.68 Å². The van der Waals surface area contributed by atoms with Gasteiger partial charge in [0.2, 0.25) is 0 Å². The Morgan fingerprint density at radius 3 is 2.51 bits per heavy atom. The molecule has 0 saturated heterocycles. The number of hydrogen-bond acceptors (Lipinski definition) is 7. The number of nitro benzene ring substituents is 1. The Hall–Kier alpha value is -4.38. The number of methoxy groups -OCH3 is 1. The summed E-state index contributed by atoms with van der Waals surface area (Å²) in [4.78, 5) is 23.6. The van der Waals surface area contributed by atoms with Crippen LogP contribution in [0.15, 0.2) is 83.5 Å². The molecule has 0 bridgehead atoms. The third kappa shape index (κ3) is 6.15. The lowest BCUT2D eigenvalue weighted by atomic mass is 10.2. The van der Waals surface area contributed by atoms with E-state index < -0.39 is 10.8 Å². The maximum Gasteiger partial charge on any atom is 0.276 e. The highest BCUT2D eigenvalue weighted by Gasteiger charge is 2.16. The van der Waals surface area contributed by atoms with E-state index in [0.29, 0.717) is 17.2 Å². The smallest absolute Gasteiger partial charge is 0.276 e. The zero-order chi connectivity index (χ0) is 24.8. The molecule has 0 aliphatic carbocycles. The van der Waals surface area contributed by atoms with Gasteiger partial charge in [-0.15, -0.1) is 0 Å². The van der Waals surface area contributed by atoms with Gasteiger partial charge in [-0.2, -0.15) is 5.10 Å². The Morgan fingerprint density at radius 1 is 1.06 bits per heavy atom. The van der Waals surface area contributed by atoms with Gasteiger partial charge in [-0.3, -0.25) is 14.9 Å². The number of carbonyl (C=O) groups excluding carboxylic acids is 1. The van der Waals surface area contributed by atoms with Gasteiger partial charge in [-0.05, 0) is 42.5 Å². The van der Waals surface area contributed by atoms with Crippen molar-refractivity contribution in [2.45, 2.75) is 6.73 Å². The van der Waals surface area contributed by atoms with Crippen LogP contribution in [0.1, 0.15) is 10.5 Å². The van der Waals surface area contributed by atoms with Crippen molar-refractivity contribution in [3.8, 4) is 23.0 Å². The van der Waals surface area contributed by atoms with Crippen LogP contribution in [0, 0.1) is 10.1 Å². The van der Waals surface area contributed by atoms with E-state index in [9.17, 15) is 14.9 Å². The van der Waals surface area contributed by atoms with Gasteiger partial charge >= 0.3 is 0 Å². The lowest BCUT2D eigenvalue weighted by Crippen LogP contribution is -2.14. The molecule has 1 aromatic heterocycles. The highest BCUT2D eigenvalue weighted by atomic mass is 79.9. The van der Waals surface area contributed by atoms with Gasteiger partial charge in [-0.1, -0.05) is 28.1 Å². The number of nitro groups is 1. The molecule has 0 saturated carbocycles. The van der Waals surface area contributed by atoms with E-state index in [2.05, 4.69) is 26.3 Å². The lowest BCUT2D eigenvalue weighted by Gasteiger charge is -2.11. The van der Waals surface area contributed by atoms with Gasteiger partial charge in [0.15, 0.2) is 23.9 Å². The first-order valence-electron chi connectivity index (χ1n) is 10.2. The quantitative estimate of drug-likeness (QED) is 0.216. The van der Waals surface area contributed by atoms with Crippen LogP contribution >= 0.6 is 15.9 Å². The maximum atomic E-state index is 12.7. The van der Waals surface area contributed by atoms with Crippen LogP contribution in [0.25, 0.3) is 0 Å². The summed E-state index contributed by atoms with van der Waals surface area (Å²) in [5.41, 5.74) is 0.0407. The SMILES string of the molecule is COc1ccccc1Oc1cc(NC(=O)c2ccn(COc3ccc(Br)cc3)n2)cc([N+](=O)[O-])c1. The Bertz CT molecular complexity index is 1360. The molecule has 1 heterocycles. The summed E-state index contributed by atoms with van der Waals surface area (Å²) < 4.78 is 19.1. The number of nitrogens with one attached hydrogen (secondary N) is 1.